The number of hydrogen-bond acceptors (Lipinski definition) is 3. The van der Waals surface area contributed by atoms with Crippen molar-refractivity contribution in [3.8, 4) is 5.75 Å². The molecule has 1 aliphatic rings. The van der Waals surface area contributed by atoms with Gasteiger partial charge in [0.05, 0.1) is 11.3 Å². The Morgan fingerprint density at radius 3 is 2.74 bits per heavy atom. The molecular formula is C15H14N2O2. The number of fused-ring (bicyclic) bond motifs is 1. The van der Waals surface area contributed by atoms with Crippen LogP contribution in [-0.4, -0.2) is 18.1 Å². The van der Waals surface area contributed by atoms with E-state index in [-0.39, 0.29) is 17.8 Å². The summed E-state index contributed by atoms with van der Waals surface area (Å²) in [5, 5.41) is 12.5. The van der Waals surface area contributed by atoms with Crippen LogP contribution < -0.4 is 10.2 Å². The largest absolute Gasteiger partial charge is 0.508 e. The van der Waals surface area contributed by atoms with Gasteiger partial charge in [-0.25, -0.2) is 0 Å². The van der Waals surface area contributed by atoms with Crippen LogP contribution in [0.3, 0.4) is 0 Å². The lowest BCUT2D eigenvalue weighted by atomic mass is 10.0. The molecule has 1 amide bonds. The normalized spacial score (nSPS) is 17.8. The van der Waals surface area contributed by atoms with Gasteiger partial charge in [-0.1, -0.05) is 24.3 Å². The van der Waals surface area contributed by atoms with Crippen LogP contribution in [-0.2, 0) is 0 Å². The molecule has 0 spiro atoms. The highest BCUT2D eigenvalue weighted by molar-refractivity contribution is 6.01. The minimum absolute atomic E-state index is 0.0953. The number of nitrogens with zero attached hydrogens (tertiary/aromatic N) is 1. The van der Waals surface area contributed by atoms with E-state index >= 15 is 0 Å². The predicted octanol–water partition coefficient (Wildman–Crippen LogP) is 2.27. The van der Waals surface area contributed by atoms with Gasteiger partial charge in [-0.2, -0.15) is 0 Å². The first kappa shape index (κ1) is 11.6. The quantitative estimate of drug-likeness (QED) is 0.820. The Balaban J connectivity index is 2.05. The van der Waals surface area contributed by atoms with Gasteiger partial charge in [0.2, 0.25) is 0 Å². The van der Waals surface area contributed by atoms with Crippen molar-refractivity contribution >= 4 is 11.6 Å². The summed E-state index contributed by atoms with van der Waals surface area (Å²) >= 11 is 0. The Labute approximate surface area is 111 Å². The summed E-state index contributed by atoms with van der Waals surface area (Å²) < 4.78 is 0. The standard InChI is InChI=1S/C15H14N2O2/c1-17-13-8-3-2-7-12(13)15(19)16-14(17)10-5-4-6-11(18)9-10/h2-9,14,18H,1H3,(H,16,19). The highest BCUT2D eigenvalue weighted by Crippen LogP contribution is 2.32. The van der Waals surface area contributed by atoms with E-state index < -0.39 is 0 Å². The van der Waals surface area contributed by atoms with E-state index in [1.54, 1.807) is 24.3 Å². The van der Waals surface area contributed by atoms with Gasteiger partial charge in [-0.15, -0.1) is 0 Å². The van der Waals surface area contributed by atoms with Crippen LogP contribution in [0.4, 0.5) is 5.69 Å². The van der Waals surface area contributed by atoms with Crippen molar-refractivity contribution in [1.29, 1.82) is 0 Å². The molecule has 2 aromatic carbocycles. The monoisotopic (exact) mass is 254 g/mol. The molecule has 0 radical (unpaired) electrons. The summed E-state index contributed by atoms with van der Waals surface area (Å²) in [6, 6.07) is 14.4. The highest BCUT2D eigenvalue weighted by Gasteiger charge is 2.28. The average molecular weight is 254 g/mol. The van der Waals surface area contributed by atoms with Crippen LogP contribution in [0, 0.1) is 0 Å². The van der Waals surface area contributed by atoms with E-state index in [9.17, 15) is 9.90 Å². The molecule has 0 fully saturated rings. The van der Waals surface area contributed by atoms with Crippen LogP contribution in [0.2, 0.25) is 0 Å². The Morgan fingerprint density at radius 1 is 1.16 bits per heavy atom. The van der Waals surface area contributed by atoms with Crippen LogP contribution in [0.25, 0.3) is 0 Å². The number of phenols is 1. The molecule has 0 saturated heterocycles. The average Bonchev–Trinajstić information content (AvgIpc) is 2.43. The summed E-state index contributed by atoms with van der Waals surface area (Å²) in [7, 11) is 1.92. The number of nitrogens with one attached hydrogen (secondary N) is 1. The molecule has 1 aliphatic heterocycles. The van der Waals surface area contributed by atoms with Crippen molar-refractivity contribution in [2.75, 3.05) is 11.9 Å². The van der Waals surface area contributed by atoms with Gasteiger partial charge < -0.3 is 15.3 Å². The van der Waals surface area contributed by atoms with Gasteiger partial charge in [-0.05, 0) is 29.8 Å². The van der Waals surface area contributed by atoms with Crippen molar-refractivity contribution in [3.63, 3.8) is 0 Å². The van der Waals surface area contributed by atoms with E-state index in [4.69, 9.17) is 0 Å². The molecule has 1 unspecified atom stereocenters. The maximum Gasteiger partial charge on any atom is 0.255 e. The van der Waals surface area contributed by atoms with E-state index in [1.807, 2.05) is 36.2 Å². The maximum atomic E-state index is 12.1. The fourth-order valence-electron chi connectivity index (χ4n) is 2.41. The fourth-order valence-corrected chi connectivity index (χ4v) is 2.41. The number of carbonyl (C=O) groups excluding carboxylic acids is 1. The van der Waals surface area contributed by atoms with E-state index in [2.05, 4.69) is 5.32 Å². The van der Waals surface area contributed by atoms with Gasteiger partial charge in [0.15, 0.2) is 0 Å². The minimum Gasteiger partial charge on any atom is -0.508 e. The molecule has 0 aromatic heterocycles. The molecular weight excluding hydrogens is 240 g/mol. The zero-order chi connectivity index (χ0) is 13.4. The number of benzene rings is 2. The van der Waals surface area contributed by atoms with Crippen LogP contribution in [0.5, 0.6) is 5.75 Å². The van der Waals surface area contributed by atoms with E-state index in [0.717, 1.165) is 11.3 Å². The molecule has 4 heteroatoms. The molecule has 0 bridgehead atoms. The van der Waals surface area contributed by atoms with Crippen molar-refractivity contribution < 1.29 is 9.90 Å². The molecule has 0 saturated carbocycles. The molecule has 1 heterocycles. The van der Waals surface area contributed by atoms with Gasteiger partial charge in [0.1, 0.15) is 11.9 Å². The van der Waals surface area contributed by atoms with Crippen molar-refractivity contribution in [2.24, 2.45) is 0 Å². The molecule has 4 nitrogen and oxygen atoms in total. The van der Waals surface area contributed by atoms with Crippen LogP contribution >= 0.6 is 0 Å². The first-order valence-electron chi connectivity index (χ1n) is 6.08. The molecule has 96 valence electrons. The predicted molar refractivity (Wildman–Crippen MR) is 73.2 cm³/mol. The van der Waals surface area contributed by atoms with Gasteiger partial charge >= 0.3 is 0 Å². The first-order chi connectivity index (χ1) is 9.16. The molecule has 0 aliphatic carbocycles. The number of rotatable bonds is 1. The third-order valence-electron chi connectivity index (χ3n) is 3.37. The Hall–Kier alpha value is -2.49. The van der Waals surface area contributed by atoms with Gasteiger partial charge in [0, 0.05) is 7.05 Å². The third kappa shape index (κ3) is 1.91. The second kappa shape index (κ2) is 4.31. The number of para-hydroxylation sites is 1. The topological polar surface area (TPSA) is 52.6 Å². The van der Waals surface area contributed by atoms with Crippen molar-refractivity contribution in [1.82, 2.24) is 5.32 Å². The summed E-state index contributed by atoms with van der Waals surface area (Å²) in [6.07, 6.45) is -0.269. The summed E-state index contributed by atoms with van der Waals surface area (Å²) in [6.45, 7) is 0. The van der Waals surface area contributed by atoms with Crippen molar-refractivity contribution in [3.05, 3.63) is 59.7 Å². The SMILES string of the molecule is CN1c2ccccc2C(=O)NC1c1cccc(O)c1. The second-order valence-corrected chi connectivity index (χ2v) is 4.60. The lowest BCUT2D eigenvalue weighted by molar-refractivity contribution is 0.0928. The Kier molecular flexibility index (Phi) is 2.63. The smallest absolute Gasteiger partial charge is 0.255 e. The molecule has 2 N–H and O–H groups in total. The zero-order valence-electron chi connectivity index (χ0n) is 10.5. The van der Waals surface area contributed by atoms with Crippen molar-refractivity contribution in [2.45, 2.75) is 6.17 Å². The lowest BCUT2D eigenvalue weighted by Crippen LogP contribution is -2.44. The third-order valence-corrected chi connectivity index (χ3v) is 3.37. The second-order valence-electron chi connectivity index (χ2n) is 4.60. The van der Waals surface area contributed by atoms with Crippen LogP contribution in [0.1, 0.15) is 22.1 Å². The summed E-state index contributed by atoms with van der Waals surface area (Å²) in [5.74, 6) is 0.0982. The number of phenolic OH excluding ortho intramolecular Hbond substituents is 1. The maximum absolute atomic E-state index is 12.1. The van der Waals surface area contributed by atoms with Gasteiger partial charge in [-0.3, -0.25) is 4.79 Å². The molecule has 2 aromatic rings. The highest BCUT2D eigenvalue weighted by atomic mass is 16.3. The fraction of sp³-hybridized carbons (Fsp3) is 0.133. The Morgan fingerprint density at radius 2 is 1.95 bits per heavy atom. The number of aromatic hydroxyl groups is 1. The molecule has 3 rings (SSSR count). The van der Waals surface area contributed by atoms with E-state index in [0.29, 0.717) is 5.56 Å². The molecule has 1 atom stereocenters. The number of anilines is 1. The minimum atomic E-state index is -0.269. The van der Waals surface area contributed by atoms with Gasteiger partial charge in [0.25, 0.3) is 5.91 Å². The molecule has 19 heavy (non-hydrogen) atoms. The first-order valence-corrected chi connectivity index (χ1v) is 6.08. The summed E-state index contributed by atoms with van der Waals surface area (Å²) in [4.78, 5) is 14.1. The Bertz CT molecular complexity index is 640. The number of amides is 1. The zero-order valence-corrected chi connectivity index (χ0v) is 10.5. The number of hydrogen-bond donors (Lipinski definition) is 2. The number of carbonyl (C=O) groups is 1. The lowest BCUT2D eigenvalue weighted by Gasteiger charge is -2.36. The van der Waals surface area contributed by atoms with E-state index in [1.165, 1.54) is 0 Å². The van der Waals surface area contributed by atoms with Crippen LogP contribution in [0.15, 0.2) is 48.5 Å². The summed E-state index contributed by atoms with van der Waals surface area (Å²) in [5.41, 5.74) is 2.41.